The highest BCUT2D eigenvalue weighted by Gasteiger charge is 1.72. The molecular weight excluding hydrogens is 146 g/mol. The van der Waals surface area contributed by atoms with Crippen LogP contribution in [0.3, 0.4) is 0 Å². The van der Waals surface area contributed by atoms with Crippen molar-refractivity contribution < 1.29 is 11.0 Å². The third-order valence-corrected chi connectivity index (χ3v) is 0.940. The van der Waals surface area contributed by atoms with E-state index in [0.29, 0.717) is 0 Å². The lowest BCUT2D eigenvalue weighted by atomic mass is 9.97. The minimum absolute atomic E-state index is 0. The Balaban J connectivity index is -0.000000163. The largest absolute Gasteiger partial charge is 0.412 e. The van der Waals surface area contributed by atoms with Gasteiger partial charge in [-0.15, -0.1) is 0 Å². The maximum absolute atomic E-state index is 2.08. The van der Waals surface area contributed by atoms with Crippen molar-refractivity contribution >= 4 is 23.2 Å². The molecule has 0 aliphatic heterocycles. The Bertz CT molecular complexity index is 146. The van der Waals surface area contributed by atoms with Crippen molar-refractivity contribution in [3.8, 4) is 0 Å². The molecule has 0 heterocycles. The summed E-state index contributed by atoms with van der Waals surface area (Å²) in [6.45, 7) is 0. The van der Waals surface area contributed by atoms with E-state index in [1.807, 2.05) is 18.2 Å². The zero-order valence-electron chi connectivity index (χ0n) is 6.09. The maximum Gasteiger partial charge on any atom is 0.139 e. The first kappa shape index (κ1) is 16.3. The van der Waals surface area contributed by atoms with Gasteiger partial charge in [-0.3, -0.25) is 0 Å². The lowest BCUT2D eigenvalue weighted by Gasteiger charge is -1.82. The van der Waals surface area contributed by atoms with E-state index in [-0.39, 0.29) is 20.9 Å². The minimum Gasteiger partial charge on any atom is -0.412 e. The molecule has 58 valence electrons. The number of hydrogen-bond donors (Lipinski definition) is 0. The summed E-state index contributed by atoms with van der Waals surface area (Å²) in [6.07, 6.45) is 0. The predicted molar refractivity (Wildman–Crippen MR) is 53.0 cm³/mol. The third kappa shape index (κ3) is 5.77. The van der Waals surface area contributed by atoms with Crippen LogP contribution >= 0.6 is 9.90 Å². The van der Waals surface area contributed by atoms with E-state index in [0.717, 1.165) is 0 Å². The van der Waals surface area contributed by atoms with Crippen molar-refractivity contribution in [3.63, 3.8) is 0 Å². The summed E-state index contributed by atoms with van der Waals surface area (Å²) >= 11 is 0. The van der Waals surface area contributed by atoms with Gasteiger partial charge in [0.2, 0.25) is 0 Å². The summed E-state index contributed by atoms with van der Waals surface area (Å²) in [4.78, 5) is 0. The number of hydrogen-bond acceptors (Lipinski definition) is 0. The molecule has 4 heteroatoms. The zero-order valence-corrected chi connectivity index (χ0v) is 7.51. The molecule has 0 aliphatic carbocycles. The van der Waals surface area contributed by atoms with Gasteiger partial charge in [0, 0.05) is 0 Å². The second-order valence-corrected chi connectivity index (χ2v) is 1.65. The van der Waals surface area contributed by atoms with E-state index in [2.05, 4.69) is 20.0 Å². The van der Waals surface area contributed by atoms with Gasteiger partial charge in [-0.1, -0.05) is 35.8 Å². The van der Waals surface area contributed by atoms with Crippen molar-refractivity contribution in [2.45, 2.75) is 0 Å². The van der Waals surface area contributed by atoms with Crippen molar-refractivity contribution in [1.29, 1.82) is 0 Å². The van der Waals surface area contributed by atoms with Crippen molar-refractivity contribution in [1.82, 2.24) is 0 Å². The molecule has 0 spiro atoms. The van der Waals surface area contributed by atoms with Gasteiger partial charge in [0.05, 0.1) is 0 Å². The Kier molecular flexibility index (Phi) is 14.1. The van der Waals surface area contributed by atoms with Crippen LogP contribution in [0, 0.1) is 0 Å². The molecule has 1 atom stereocenters. The Hall–Kier alpha value is -0.365. The highest BCUT2D eigenvalue weighted by atomic mass is 31.0. The van der Waals surface area contributed by atoms with Gasteiger partial charge in [-0.05, 0) is 0 Å². The van der Waals surface area contributed by atoms with E-state index in [9.17, 15) is 0 Å². The molecule has 0 radical (unpaired) electrons. The Labute approximate surface area is 65.3 Å². The van der Waals surface area contributed by atoms with Crippen LogP contribution in [0.25, 0.3) is 0 Å². The fraction of sp³-hybridized carbons (Fsp3) is 0. The topological polar surface area (TPSA) is 63.0 Å². The minimum atomic E-state index is 0. The summed E-state index contributed by atoms with van der Waals surface area (Å²) in [5, 5.41) is 0. The molecule has 2 nitrogen and oxygen atoms in total. The average Bonchev–Trinajstić information content (AvgIpc) is 1.69. The molecule has 0 aromatic heterocycles. The molecule has 4 N–H and O–H groups in total. The SMILES string of the molecule is Bc1ccccc1.O.O.P. The monoisotopic (exact) mass is 160 g/mol. The Morgan fingerprint density at radius 3 is 1.50 bits per heavy atom. The van der Waals surface area contributed by atoms with E-state index in [1.54, 1.807) is 0 Å². The van der Waals surface area contributed by atoms with Gasteiger partial charge in [-0.25, -0.2) is 0 Å². The summed E-state index contributed by atoms with van der Waals surface area (Å²) in [5.74, 6) is 0. The van der Waals surface area contributed by atoms with Crippen molar-refractivity contribution in [3.05, 3.63) is 30.3 Å². The third-order valence-electron chi connectivity index (χ3n) is 0.940. The molecule has 0 aliphatic rings. The van der Waals surface area contributed by atoms with Gasteiger partial charge >= 0.3 is 0 Å². The lowest BCUT2D eigenvalue weighted by Crippen LogP contribution is -1.97. The van der Waals surface area contributed by atoms with Crippen LogP contribution in [-0.2, 0) is 0 Å². The van der Waals surface area contributed by atoms with Crippen LogP contribution in [0.5, 0.6) is 0 Å². The van der Waals surface area contributed by atoms with Gasteiger partial charge in [0.1, 0.15) is 7.85 Å². The Morgan fingerprint density at radius 1 is 0.900 bits per heavy atom. The normalized spacial score (nSPS) is 6.00. The first-order chi connectivity index (χ1) is 3.39. The Morgan fingerprint density at radius 2 is 1.30 bits per heavy atom. The van der Waals surface area contributed by atoms with E-state index in [4.69, 9.17) is 0 Å². The quantitative estimate of drug-likeness (QED) is 0.322. The first-order valence-corrected chi connectivity index (χ1v) is 2.41. The second-order valence-electron chi connectivity index (χ2n) is 1.65. The van der Waals surface area contributed by atoms with Crippen LogP contribution in [0.4, 0.5) is 0 Å². The standard InChI is InChI=1S/C6H7B.2H2O.H3P/c7-6-4-2-1-3-5-6;;;/h1-5H,7H2;2*1H2;1H3. The fourth-order valence-electron chi connectivity index (χ4n) is 0.534. The molecule has 0 saturated heterocycles. The van der Waals surface area contributed by atoms with Crippen molar-refractivity contribution in [2.24, 2.45) is 0 Å². The van der Waals surface area contributed by atoms with Crippen LogP contribution in [0.15, 0.2) is 30.3 Å². The molecule has 10 heavy (non-hydrogen) atoms. The predicted octanol–water partition coefficient (Wildman–Crippen LogP) is -1.65. The van der Waals surface area contributed by atoms with Crippen molar-refractivity contribution in [2.75, 3.05) is 0 Å². The lowest BCUT2D eigenvalue weighted by molar-refractivity contribution is 0.823. The van der Waals surface area contributed by atoms with Gasteiger partial charge in [-0.2, -0.15) is 9.90 Å². The molecule has 1 rings (SSSR count). The maximum atomic E-state index is 2.08. The summed E-state index contributed by atoms with van der Waals surface area (Å²) in [6, 6.07) is 10.3. The molecular formula is C6H14BO2P. The smallest absolute Gasteiger partial charge is 0.139 e. The van der Waals surface area contributed by atoms with E-state index in [1.165, 1.54) is 5.46 Å². The van der Waals surface area contributed by atoms with Crippen LogP contribution in [0.2, 0.25) is 0 Å². The molecule has 1 unspecified atom stereocenters. The van der Waals surface area contributed by atoms with Crippen LogP contribution in [-0.4, -0.2) is 18.8 Å². The molecule has 1 aromatic rings. The summed E-state index contributed by atoms with van der Waals surface area (Å²) < 4.78 is 0. The highest BCUT2D eigenvalue weighted by Crippen LogP contribution is 1.76. The van der Waals surface area contributed by atoms with E-state index < -0.39 is 0 Å². The van der Waals surface area contributed by atoms with Crippen LogP contribution in [0.1, 0.15) is 0 Å². The molecule has 0 saturated carbocycles. The number of rotatable bonds is 0. The first-order valence-electron chi connectivity index (χ1n) is 2.41. The summed E-state index contributed by atoms with van der Waals surface area (Å²) in [5.41, 5.74) is 1.32. The van der Waals surface area contributed by atoms with Gasteiger partial charge in [0.15, 0.2) is 0 Å². The molecule has 0 bridgehead atoms. The summed E-state index contributed by atoms with van der Waals surface area (Å²) in [7, 11) is 2.08. The average molecular weight is 160 g/mol. The van der Waals surface area contributed by atoms with Crippen LogP contribution < -0.4 is 5.46 Å². The molecule has 0 amide bonds. The van der Waals surface area contributed by atoms with E-state index >= 15 is 0 Å². The fourth-order valence-corrected chi connectivity index (χ4v) is 0.534. The zero-order chi connectivity index (χ0) is 5.11. The molecule has 0 fully saturated rings. The van der Waals surface area contributed by atoms with Gasteiger partial charge < -0.3 is 11.0 Å². The second kappa shape index (κ2) is 8.63. The molecule has 1 aromatic carbocycles. The highest BCUT2D eigenvalue weighted by molar-refractivity contribution is 6.92. The number of benzene rings is 1. The van der Waals surface area contributed by atoms with Gasteiger partial charge in [0.25, 0.3) is 0 Å².